The molecule has 1 aliphatic rings. The number of aromatic carboxylic acids is 1. The molecule has 1 aromatic carbocycles. The monoisotopic (exact) mass is 349 g/mol. The lowest BCUT2D eigenvalue weighted by molar-refractivity contribution is -0.197. The number of amides is 1. The van der Waals surface area contributed by atoms with Crippen molar-refractivity contribution in [1.82, 2.24) is 0 Å². The first-order valence-corrected chi connectivity index (χ1v) is 7.48. The maximum Gasteiger partial charge on any atom is 0.392 e. The van der Waals surface area contributed by atoms with Crippen molar-refractivity contribution >= 4 is 29.2 Å². The van der Waals surface area contributed by atoms with Gasteiger partial charge in [0.1, 0.15) is 0 Å². The van der Waals surface area contributed by atoms with E-state index in [0.717, 1.165) is 0 Å². The topological polar surface area (TPSA) is 66.4 Å². The van der Waals surface area contributed by atoms with Crippen LogP contribution in [0.25, 0.3) is 0 Å². The third-order valence-corrected chi connectivity index (χ3v) is 4.30. The highest BCUT2D eigenvalue weighted by Crippen LogP contribution is 2.42. The second-order valence-electron chi connectivity index (χ2n) is 5.53. The van der Waals surface area contributed by atoms with Gasteiger partial charge in [-0.05, 0) is 31.0 Å². The van der Waals surface area contributed by atoms with Crippen LogP contribution >= 0.6 is 11.6 Å². The predicted molar refractivity (Wildman–Crippen MR) is 78.5 cm³/mol. The zero-order chi connectivity index (χ0) is 17.2. The highest BCUT2D eigenvalue weighted by molar-refractivity contribution is 6.33. The van der Waals surface area contributed by atoms with Crippen LogP contribution in [0.2, 0.25) is 5.02 Å². The summed E-state index contributed by atoms with van der Waals surface area (Å²) in [6.45, 7) is 0. The number of hydrogen-bond donors (Lipinski definition) is 2. The van der Waals surface area contributed by atoms with Crippen molar-refractivity contribution in [1.29, 1.82) is 0 Å². The average Bonchev–Trinajstić information content (AvgIpc) is 2.46. The van der Waals surface area contributed by atoms with E-state index in [9.17, 15) is 22.8 Å². The van der Waals surface area contributed by atoms with E-state index < -0.39 is 29.9 Å². The SMILES string of the molecule is O=C(O)c1ccc(NC(=O)C2CCCCC2C(F)(F)F)cc1Cl. The van der Waals surface area contributed by atoms with Crippen LogP contribution in [0.5, 0.6) is 0 Å². The molecule has 23 heavy (non-hydrogen) atoms. The van der Waals surface area contributed by atoms with Crippen LogP contribution < -0.4 is 5.32 Å². The molecule has 2 N–H and O–H groups in total. The van der Waals surface area contributed by atoms with Gasteiger partial charge in [-0.2, -0.15) is 13.2 Å². The Morgan fingerprint density at radius 2 is 1.87 bits per heavy atom. The lowest BCUT2D eigenvalue weighted by Crippen LogP contribution is -2.39. The molecule has 1 aliphatic carbocycles. The van der Waals surface area contributed by atoms with Crippen LogP contribution in [0.15, 0.2) is 18.2 Å². The molecule has 0 bridgehead atoms. The molecule has 1 fully saturated rings. The van der Waals surface area contributed by atoms with E-state index in [1.54, 1.807) is 0 Å². The Balaban J connectivity index is 2.14. The summed E-state index contributed by atoms with van der Waals surface area (Å²) in [7, 11) is 0. The number of alkyl halides is 3. The van der Waals surface area contributed by atoms with Gasteiger partial charge >= 0.3 is 12.1 Å². The fraction of sp³-hybridized carbons (Fsp3) is 0.467. The molecule has 0 heterocycles. The summed E-state index contributed by atoms with van der Waals surface area (Å²) in [6, 6.07) is 3.72. The second-order valence-corrected chi connectivity index (χ2v) is 5.94. The van der Waals surface area contributed by atoms with Crippen molar-refractivity contribution in [3.05, 3.63) is 28.8 Å². The molecule has 0 spiro atoms. The van der Waals surface area contributed by atoms with E-state index in [4.69, 9.17) is 16.7 Å². The molecule has 0 aromatic heterocycles. The lowest BCUT2D eigenvalue weighted by atomic mass is 9.78. The van der Waals surface area contributed by atoms with E-state index in [1.807, 2.05) is 0 Å². The van der Waals surface area contributed by atoms with Crippen molar-refractivity contribution in [2.45, 2.75) is 31.9 Å². The molecule has 0 radical (unpaired) electrons. The fourth-order valence-electron chi connectivity index (χ4n) is 2.84. The van der Waals surface area contributed by atoms with Crippen molar-refractivity contribution in [2.24, 2.45) is 11.8 Å². The van der Waals surface area contributed by atoms with E-state index in [0.29, 0.717) is 12.8 Å². The molecule has 0 aliphatic heterocycles. The van der Waals surface area contributed by atoms with Gasteiger partial charge in [0, 0.05) is 11.6 Å². The molecule has 2 unspecified atom stereocenters. The van der Waals surface area contributed by atoms with Crippen LogP contribution in [-0.4, -0.2) is 23.2 Å². The Morgan fingerprint density at radius 3 is 2.43 bits per heavy atom. The molecule has 4 nitrogen and oxygen atoms in total. The fourth-order valence-corrected chi connectivity index (χ4v) is 3.10. The van der Waals surface area contributed by atoms with E-state index >= 15 is 0 Å². The van der Waals surface area contributed by atoms with Gasteiger partial charge in [-0.1, -0.05) is 24.4 Å². The number of benzene rings is 1. The van der Waals surface area contributed by atoms with Crippen LogP contribution in [0, 0.1) is 11.8 Å². The van der Waals surface area contributed by atoms with Gasteiger partial charge in [-0.15, -0.1) is 0 Å². The molecule has 2 rings (SSSR count). The van der Waals surface area contributed by atoms with E-state index in [1.165, 1.54) is 18.2 Å². The van der Waals surface area contributed by atoms with Crippen LogP contribution in [0.4, 0.5) is 18.9 Å². The summed E-state index contributed by atoms with van der Waals surface area (Å²) in [6.07, 6.45) is -3.26. The second kappa shape index (κ2) is 6.78. The highest BCUT2D eigenvalue weighted by atomic mass is 35.5. The quantitative estimate of drug-likeness (QED) is 0.852. The first-order valence-electron chi connectivity index (χ1n) is 7.10. The molecule has 0 saturated heterocycles. The number of carboxylic acid groups (broad SMARTS) is 1. The minimum absolute atomic E-state index is 0.0553. The normalized spacial score (nSPS) is 21.7. The number of carbonyl (C=O) groups is 2. The standard InChI is InChI=1S/C15H15ClF3NO3/c16-12-7-8(5-6-10(12)14(22)23)20-13(21)9-3-1-2-4-11(9)15(17,18)19/h5-7,9,11H,1-4H2,(H,20,21)(H,22,23). The third-order valence-electron chi connectivity index (χ3n) is 3.99. The molecule has 2 atom stereocenters. The molecular weight excluding hydrogens is 335 g/mol. The predicted octanol–water partition coefficient (Wildman–Crippen LogP) is 4.35. The Morgan fingerprint density at radius 1 is 1.22 bits per heavy atom. The van der Waals surface area contributed by atoms with Gasteiger partial charge < -0.3 is 10.4 Å². The molecule has 1 saturated carbocycles. The van der Waals surface area contributed by atoms with Gasteiger partial charge in [0.15, 0.2) is 0 Å². The minimum Gasteiger partial charge on any atom is -0.478 e. The van der Waals surface area contributed by atoms with Gasteiger partial charge in [0.2, 0.25) is 5.91 Å². The zero-order valence-corrected chi connectivity index (χ0v) is 12.7. The van der Waals surface area contributed by atoms with E-state index in [-0.39, 0.29) is 29.1 Å². The summed E-state index contributed by atoms with van der Waals surface area (Å²) in [5, 5.41) is 11.2. The van der Waals surface area contributed by atoms with Gasteiger partial charge in [-0.25, -0.2) is 4.79 Å². The van der Waals surface area contributed by atoms with E-state index in [2.05, 4.69) is 5.32 Å². The summed E-state index contributed by atoms with van der Waals surface area (Å²) < 4.78 is 39.1. The minimum atomic E-state index is -4.41. The first-order chi connectivity index (χ1) is 10.7. The van der Waals surface area contributed by atoms with Crippen LogP contribution in [0.3, 0.4) is 0 Å². The summed E-state index contributed by atoms with van der Waals surface area (Å²) >= 11 is 5.78. The van der Waals surface area contributed by atoms with Crippen molar-refractivity contribution in [3.63, 3.8) is 0 Å². The smallest absolute Gasteiger partial charge is 0.392 e. The first kappa shape index (κ1) is 17.6. The van der Waals surface area contributed by atoms with Gasteiger partial charge in [0.25, 0.3) is 0 Å². The largest absolute Gasteiger partial charge is 0.478 e. The molecular formula is C15H15ClF3NO3. The number of halogens is 4. The molecule has 8 heteroatoms. The van der Waals surface area contributed by atoms with Crippen LogP contribution in [0.1, 0.15) is 36.0 Å². The number of carbonyl (C=O) groups excluding carboxylic acids is 1. The number of carboxylic acids is 1. The maximum atomic E-state index is 13.0. The Labute approximate surface area is 135 Å². The number of rotatable bonds is 3. The summed E-state index contributed by atoms with van der Waals surface area (Å²) in [5.41, 5.74) is 0.0343. The maximum absolute atomic E-state index is 13.0. The van der Waals surface area contributed by atoms with Crippen LogP contribution in [-0.2, 0) is 4.79 Å². The van der Waals surface area contributed by atoms with Crippen molar-refractivity contribution in [2.75, 3.05) is 5.32 Å². The Hall–Kier alpha value is -1.76. The Kier molecular flexibility index (Phi) is 5.19. The average molecular weight is 350 g/mol. The third kappa shape index (κ3) is 4.16. The Bertz CT molecular complexity index is 618. The van der Waals surface area contributed by atoms with Gasteiger partial charge in [0.05, 0.1) is 16.5 Å². The van der Waals surface area contributed by atoms with Crippen molar-refractivity contribution in [3.8, 4) is 0 Å². The summed E-state index contributed by atoms with van der Waals surface area (Å²) in [4.78, 5) is 23.0. The molecule has 126 valence electrons. The zero-order valence-electron chi connectivity index (χ0n) is 12.0. The highest BCUT2D eigenvalue weighted by Gasteiger charge is 2.48. The number of nitrogens with one attached hydrogen (secondary N) is 1. The molecule has 1 aromatic rings. The van der Waals surface area contributed by atoms with Crippen molar-refractivity contribution < 1.29 is 27.9 Å². The molecule has 1 amide bonds. The summed E-state index contributed by atoms with van der Waals surface area (Å²) in [5.74, 6) is -4.73. The number of anilines is 1. The number of hydrogen-bond acceptors (Lipinski definition) is 2. The van der Waals surface area contributed by atoms with Gasteiger partial charge in [-0.3, -0.25) is 4.79 Å². The lowest BCUT2D eigenvalue weighted by Gasteiger charge is -2.32.